The highest BCUT2D eigenvalue weighted by molar-refractivity contribution is 5.45. The van der Waals surface area contributed by atoms with Crippen molar-refractivity contribution in [1.29, 1.82) is 0 Å². The maximum atomic E-state index is 12.9. The summed E-state index contributed by atoms with van der Waals surface area (Å²) in [6.07, 6.45) is -0.290. The third kappa shape index (κ3) is 1.76. The highest BCUT2D eigenvalue weighted by Gasteiger charge is 2.13. The second-order valence-corrected chi connectivity index (χ2v) is 4.38. The fourth-order valence-electron chi connectivity index (χ4n) is 1.98. The molecule has 90 valence electrons. The Morgan fingerprint density at radius 1 is 1.06 bits per heavy atom. The smallest absolute Gasteiger partial charge is 0.166 e. The Kier molecular flexibility index (Phi) is 2.37. The van der Waals surface area contributed by atoms with Gasteiger partial charge in [0.1, 0.15) is 5.82 Å². The number of nitrogens with two attached hydrogens (primary N) is 1. The molecule has 4 heteroatoms. The first-order chi connectivity index (χ1) is 8.63. The second kappa shape index (κ2) is 3.91. The van der Waals surface area contributed by atoms with Crippen molar-refractivity contribution in [2.45, 2.75) is 13.1 Å². The van der Waals surface area contributed by atoms with Crippen LogP contribution in [0.5, 0.6) is 0 Å². The molecular weight excluding hydrogens is 229 g/mol. The molecule has 3 rings (SSSR count). The van der Waals surface area contributed by atoms with E-state index in [9.17, 15) is 4.39 Å². The van der Waals surface area contributed by atoms with Crippen LogP contribution in [-0.2, 0) is 0 Å². The Bertz CT molecular complexity index is 679. The molecule has 0 spiro atoms. The summed E-state index contributed by atoms with van der Waals surface area (Å²) in [4.78, 5) is 8.99. The number of anilines is 1. The number of nitrogens with zero attached hydrogens (tertiary/aromatic N) is 2. The zero-order chi connectivity index (χ0) is 12.7. The van der Waals surface area contributed by atoms with E-state index in [-0.39, 0.29) is 12.0 Å². The molecule has 0 fully saturated rings. The lowest BCUT2D eigenvalue weighted by atomic mass is 10.2. The van der Waals surface area contributed by atoms with E-state index in [1.54, 1.807) is 12.1 Å². The summed E-state index contributed by atoms with van der Waals surface area (Å²) in [7, 11) is 0. The van der Waals surface area contributed by atoms with Crippen molar-refractivity contribution in [1.82, 2.24) is 0 Å². The van der Waals surface area contributed by atoms with Crippen LogP contribution in [0.2, 0.25) is 0 Å². The van der Waals surface area contributed by atoms with E-state index in [4.69, 9.17) is 5.73 Å². The Hall–Kier alpha value is -2.23. The summed E-state index contributed by atoms with van der Waals surface area (Å²) in [5.41, 5.74) is 8.43. The average Bonchev–Trinajstić information content (AvgIpc) is 2.73. The third-order valence-corrected chi connectivity index (χ3v) is 3.05. The highest BCUT2D eigenvalue weighted by atomic mass is 19.1. The van der Waals surface area contributed by atoms with Gasteiger partial charge in [-0.25, -0.2) is 4.39 Å². The molecule has 18 heavy (non-hydrogen) atoms. The van der Waals surface area contributed by atoms with Crippen molar-refractivity contribution < 1.29 is 4.39 Å². The highest BCUT2D eigenvalue weighted by Crippen LogP contribution is 2.20. The normalized spacial score (nSPS) is 16.9. The van der Waals surface area contributed by atoms with Crippen LogP contribution in [0.1, 0.15) is 17.3 Å². The van der Waals surface area contributed by atoms with Crippen molar-refractivity contribution in [2.24, 2.45) is 9.98 Å². The fraction of sp³-hybridized carbons (Fsp3) is 0.143. The minimum atomic E-state index is -0.290. The molecular formula is C14H12FN3. The van der Waals surface area contributed by atoms with E-state index < -0.39 is 0 Å². The minimum Gasteiger partial charge on any atom is -0.398 e. The number of hydrogen-bond donors (Lipinski definition) is 1. The van der Waals surface area contributed by atoms with Crippen LogP contribution in [-0.4, -0.2) is 0 Å². The molecule has 0 aliphatic carbocycles. The fourth-order valence-corrected chi connectivity index (χ4v) is 1.98. The number of benzene rings is 2. The molecule has 2 N–H and O–H groups in total. The summed E-state index contributed by atoms with van der Waals surface area (Å²) >= 11 is 0. The summed E-state index contributed by atoms with van der Waals surface area (Å²) < 4.78 is 12.9. The van der Waals surface area contributed by atoms with E-state index in [1.807, 2.05) is 19.1 Å². The Balaban J connectivity index is 2.09. The number of hydrogen-bond acceptors (Lipinski definition) is 3. The summed E-state index contributed by atoms with van der Waals surface area (Å²) in [5.74, 6) is -0.255. The lowest BCUT2D eigenvalue weighted by Gasteiger charge is -2.03. The number of aryl methyl sites for hydroxylation is 1. The van der Waals surface area contributed by atoms with E-state index in [1.165, 1.54) is 12.1 Å². The van der Waals surface area contributed by atoms with Crippen molar-refractivity contribution in [3.63, 3.8) is 0 Å². The topological polar surface area (TPSA) is 50.7 Å². The molecule has 1 aliphatic heterocycles. The van der Waals surface area contributed by atoms with Gasteiger partial charge in [-0.15, -0.1) is 0 Å². The van der Waals surface area contributed by atoms with Gasteiger partial charge in [0, 0.05) is 5.69 Å². The molecule has 0 aromatic heterocycles. The lowest BCUT2D eigenvalue weighted by Crippen LogP contribution is -2.22. The van der Waals surface area contributed by atoms with E-state index in [0.717, 1.165) is 21.8 Å². The molecule has 1 atom stereocenters. The quantitative estimate of drug-likeness (QED) is 0.758. The zero-order valence-corrected chi connectivity index (χ0v) is 9.89. The molecule has 0 unspecified atom stereocenters. The average molecular weight is 241 g/mol. The van der Waals surface area contributed by atoms with E-state index in [2.05, 4.69) is 9.98 Å². The van der Waals surface area contributed by atoms with Crippen LogP contribution >= 0.6 is 0 Å². The van der Waals surface area contributed by atoms with Gasteiger partial charge in [-0.3, -0.25) is 9.98 Å². The van der Waals surface area contributed by atoms with Gasteiger partial charge < -0.3 is 5.73 Å². The Labute approximate surface area is 104 Å². The minimum absolute atomic E-state index is 0.255. The lowest BCUT2D eigenvalue weighted by molar-refractivity contribution is 0.625. The van der Waals surface area contributed by atoms with Gasteiger partial charge in [0.15, 0.2) is 6.17 Å². The molecule has 0 saturated carbocycles. The molecule has 0 radical (unpaired) electrons. The summed E-state index contributed by atoms with van der Waals surface area (Å²) in [6.45, 7) is 1.94. The first-order valence-corrected chi connectivity index (χ1v) is 5.71. The maximum absolute atomic E-state index is 12.9. The molecule has 0 bridgehead atoms. The van der Waals surface area contributed by atoms with Crippen LogP contribution in [0.25, 0.3) is 0 Å². The molecule has 1 heterocycles. The number of rotatable bonds is 1. The van der Waals surface area contributed by atoms with Crippen LogP contribution < -0.4 is 16.4 Å². The van der Waals surface area contributed by atoms with Crippen molar-refractivity contribution >= 4 is 5.69 Å². The molecule has 1 aliphatic rings. The maximum Gasteiger partial charge on any atom is 0.166 e. The number of halogens is 1. The predicted octanol–water partition coefficient (Wildman–Crippen LogP) is 1.67. The SMILES string of the molecule is Cc1cc2c(cc1N)=N[C@H](c1ccc(F)cc1)N=2. The van der Waals surface area contributed by atoms with Gasteiger partial charge in [-0.05, 0) is 42.3 Å². The molecule has 2 aromatic rings. The Morgan fingerprint density at radius 2 is 1.67 bits per heavy atom. The monoisotopic (exact) mass is 241 g/mol. The standard InChI is InChI=1S/C14H12FN3/c1-8-6-12-13(7-11(8)16)18-14(17-12)9-2-4-10(15)5-3-9/h2-7,14H,16H2,1H3/t14-/m1/s1. The van der Waals surface area contributed by atoms with Crippen LogP contribution in [0.3, 0.4) is 0 Å². The molecule has 3 nitrogen and oxygen atoms in total. The van der Waals surface area contributed by atoms with E-state index in [0.29, 0.717) is 5.69 Å². The first-order valence-electron chi connectivity index (χ1n) is 5.71. The first kappa shape index (κ1) is 10.9. The Morgan fingerprint density at radius 3 is 2.33 bits per heavy atom. The van der Waals surface area contributed by atoms with Gasteiger partial charge in [0.25, 0.3) is 0 Å². The van der Waals surface area contributed by atoms with Crippen molar-refractivity contribution in [3.8, 4) is 0 Å². The van der Waals surface area contributed by atoms with Gasteiger partial charge >= 0.3 is 0 Å². The van der Waals surface area contributed by atoms with Gasteiger partial charge in [-0.2, -0.15) is 0 Å². The number of nitrogen functional groups attached to an aromatic ring is 1. The largest absolute Gasteiger partial charge is 0.398 e. The van der Waals surface area contributed by atoms with Crippen molar-refractivity contribution in [3.05, 3.63) is 64.1 Å². The van der Waals surface area contributed by atoms with Crippen LogP contribution in [0.15, 0.2) is 46.4 Å². The molecule has 2 aromatic carbocycles. The summed E-state index contributed by atoms with van der Waals surface area (Å²) in [6, 6.07) is 10.0. The van der Waals surface area contributed by atoms with Crippen molar-refractivity contribution in [2.75, 3.05) is 5.73 Å². The molecule has 0 amide bonds. The summed E-state index contributed by atoms with van der Waals surface area (Å²) in [5, 5.41) is 1.64. The van der Waals surface area contributed by atoms with Gasteiger partial charge in [0.2, 0.25) is 0 Å². The van der Waals surface area contributed by atoms with Crippen LogP contribution in [0.4, 0.5) is 10.1 Å². The molecule has 0 saturated heterocycles. The van der Waals surface area contributed by atoms with E-state index >= 15 is 0 Å². The van der Waals surface area contributed by atoms with Gasteiger partial charge in [-0.1, -0.05) is 12.1 Å². The number of fused-ring (bicyclic) bond motifs is 1. The third-order valence-electron chi connectivity index (χ3n) is 3.05. The van der Waals surface area contributed by atoms with Crippen LogP contribution in [0, 0.1) is 12.7 Å². The second-order valence-electron chi connectivity index (χ2n) is 4.38. The predicted molar refractivity (Wildman–Crippen MR) is 67.0 cm³/mol. The zero-order valence-electron chi connectivity index (χ0n) is 9.89. The van der Waals surface area contributed by atoms with Gasteiger partial charge in [0.05, 0.1) is 10.7 Å².